The molecule has 2 atom stereocenters. The van der Waals surface area contributed by atoms with Crippen LogP contribution < -0.4 is 10.6 Å². The van der Waals surface area contributed by atoms with Crippen LogP contribution in [0.2, 0.25) is 0 Å². The van der Waals surface area contributed by atoms with Gasteiger partial charge < -0.3 is 10.6 Å². The Morgan fingerprint density at radius 2 is 1.21 bits per heavy atom. The molecule has 2 amide bonds. The summed E-state index contributed by atoms with van der Waals surface area (Å²) in [5.74, 6) is 0.0315. The summed E-state index contributed by atoms with van der Waals surface area (Å²) in [4.78, 5) is 27.8. The lowest BCUT2D eigenvalue weighted by molar-refractivity contribution is -0.126. The number of nitrogens with zero attached hydrogens (tertiary/aromatic N) is 2. The number of amides is 2. The number of nitrogens with one attached hydrogen (secondary N) is 2. The Labute approximate surface area is 147 Å². The van der Waals surface area contributed by atoms with Gasteiger partial charge in [0.2, 0.25) is 11.8 Å². The highest BCUT2D eigenvalue weighted by Gasteiger charge is 2.18. The Morgan fingerprint density at radius 1 is 0.875 bits per heavy atom. The largest absolute Gasteiger partial charge is 0.351 e. The van der Waals surface area contributed by atoms with Crippen LogP contribution in [0.4, 0.5) is 0 Å². The molecule has 0 radical (unpaired) electrons. The molecule has 2 N–H and O–H groups in total. The number of carbonyl (C=O) groups excluding carboxylic acids is 2. The van der Waals surface area contributed by atoms with Gasteiger partial charge in [-0.2, -0.15) is 0 Å². The maximum atomic E-state index is 11.9. The molecule has 0 fully saturated rings. The van der Waals surface area contributed by atoms with Gasteiger partial charge in [-0.3, -0.25) is 19.4 Å². The van der Waals surface area contributed by atoms with Crippen molar-refractivity contribution in [3.05, 3.63) is 25.3 Å². The molecule has 0 unspecified atom stereocenters. The summed E-state index contributed by atoms with van der Waals surface area (Å²) in [5, 5.41) is 5.61. The van der Waals surface area contributed by atoms with Crippen LogP contribution in [0.3, 0.4) is 0 Å². The first kappa shape index (κ1) is 22.3. The summed E-state index contributed by atoms with van der Waals surface area (Å²) in [6.45, 7) is 13.6. The molecule has 0 bridgehead atoms. The maximum absolute atomic E-state index is 11.9. The van der Waals surface area contributed by atoms with Crippen LogP contribution in [0.1, 0.15) is 26.7 Å². The van der Waals surface area contributed by atoms with E-state index in [-0.39, 0.29) is 23.9 Å². The summed E-state index contributed by atoms with van der Waals surface area (Å²) >= 11 is 0. The van der Waals surface area contributed by atoms with Gasteiger partial charge in [0.1, 0.15) is 0 Å². The fourth-order valence-corrected chi connectivity index (χ4v) is 2.15. The Bertz CT molecular complexity index is 374. The van der Waals surface area contributed by atoms with Crippen LogP contribution in [0.5, 0.6) is 0 Å². The molecule has 0 aliphatic carbocycles. The Morgan fingerprint density at radius 3 is 1.50 bits per heavy atom. The van der Waals surface area contributed by atoms with E-state index in [0.717, 1.165) is 25.9 Å². The van der Waals surface area contributed by atoms with E-state index in [1.807, 2.05) is 37.7 Å². The van der Waals surface area contributed by atoms with Crippen molar-refractivity contribution in [3.8, 4) is 0 Å². The van der Waals surface area contributed by atoms with E-state index < -0.39 is 0 Å². The molecule has 0 aliphatic rings. The van der Waals surface area contributed by atoms with Crippen molar-refractivity contribution in [2.24, 2.45) is 0 Å². The molecule has 0 spiro atoms. The smallest absolute Gasteiger partial charge is 0.237 e. The zero-order valence-corrected chi connectivity index (χ0v) is 15.7. The van der Waals surface area contributed by atoms with Crippen LogP contribution in [-0.4, -0.2) is 74.0 Å². The first-order valence-corrected chi connectivity index (χ1v) is 8.52. The number of unbranched alkanes of at least 4 members (excludes halogenated alkanes) is 1. The average Bonchev–Trinajstić information content (AvgIpc) is 2.59. The molecule has 0 rings (SSSR count). The third-order valence-electron chi connectivity index (χ3n) is 4.19. The monoisotopic (exact) mass is 338 g/mol. The molecule has 6 heteroatoms. The zero-order chi connectivity index (χ0) is 18.5. The van der Waals surface area contributed by atoms with Crippen molar-refractivity contribution in [2.45, 2.75) is 38.8 Å². The van der Waals surface area contributed by atoms with Crippen molar-refractivity contribution in [1.82, 2.24) is 20.4 Å². The summed E-state index contributed by atoms with van der Waals surface area (Å²) in [6.07, 6.45) is 5.29. The van der Waals surface area contributed by atoms with Crippen molar-refractivity contribution in [2.75, 3.05) is 40.3 Å². The highest BCUT2D eigenvalue weighted by Crippen LogP contribution is 2.03. The second kappa shape index (κ2) is 12.7. The lowest BCUT2D eigenvalue weighted by Gasteiger charge is -2.26. The minimum Gasteiger partial charge on any atom is -0.351 e. The molecule has 0 aromatic rings. The molecule has 0 aromatic carbocycles. The number of hydrogen-bond donors (Lipinski definition) is 2. The fourth-order valence-electron chi connectivity index (χ4n) is 2.15. The highest BCUT2D eigenvalue weighted by atomic mass is 16.2. The fraction of sp³-hybridized carbons (Fsp3) is 0.667. The minimum absolute atomic E-state index is 0.0158. The quantitative estimate of drug-likeness (QED) is 0.389. The Balaban J connectivity index is 4.01. The molecular weight excluding hydrogens is 304 g/mol. The SMILES string of the molecule is C=CCNC(=O)[C@@H](C)N(C)CCCCN(C)[C@@H](C)C(=O)NCC=C. The van der Waals surface area contributed by atoms with Gasteiger partial charge in [0, 0.05) is 13.1 Å². The second-order valence-corrected chi connectivity index (χ2v) is 6.09. The summed E-state index contributed by atoms with van der Waals surface area (Å²) in [7, 11) is 3.90. The molecule has 138 valence electrons. The van der Waals surface area contributed by atoms with Crippen LogP contribution >= 0.6 is 0 Å². The van der Waals surface area contributed by atoms with Crippen LogP contribution in [0.15, 0.2) is 25.3 Å². The van der Waals surface area contributed by atoms with Crippen molar-refractivity contribution < 1.29 is 9.59 Å². The molecule has 0 aliphatic heterocycles. The molecule has 24 heavy (non-hydrogen) atoms. The Kier molecular flexibility index (Phi) is 11.8. The second-order valence-electron chi connectivity index (χ2n) is 6.09. The highest BCUT2D eigenvalue weighted by molar-refractivity contribution is 5.81. The number of carbonyl (C=O) groups is 2. The number of rotatable bonds is 13. The van der Waals surface area contributed by atoms with Crippen LogP contribution in [0.25, 0.3) is 0 Å². The summed E-state index contributed by atoms with van der Waals surface area (Å²) < 4.78 is 0. The van der Waals surface area contributed by atoms with Gasteiger partial charge in [0.05, 0.1) is 12.1 Å². The van der Waals surface area contributed by atoms with Crippen molar-refractivity contribution >= 4 is 11.8 Å². The van der Waals surface area contributed by atoms with E-state index in [1.165, 1.54) is 0 Å². The van der Waals surface area contributed by atoms with E-state index in [0.29, 0.717) is 13.1 Å². The van der Waals surface area contributed by atoms with Crippen molar-refractivity contribution in [1.29, 1.82) is 0 Å². The van der Waals surface area contributed by atoms with Gasteiger partial charge in [0.15, 0.2) is 0 Å². The van der Waals surface area contributed by atoms with E-state index in [1.54, 1.807) is 12.2 Å². The molecule has 0 heterocycles. The standard InChI is InChI=1S/C18H34N4O2/c1-7-11-19-17(23)15(3)21(5)13-9-10-14-22(6)16(4)18(24)20-12-8-2/h7-8,15-16H,1-2,9-14H2,3-6H3,(H,19,23)(H,20,24)/t15-,16+. The van der Waals surface area contributed by atoms with Crippen LogP contribution in [0, 0.1) is 0 Å². The van der Waals surface area contributed by atoms with Crippen LogP contribution in [-0.2, 0) is 9.59 Å². The summed E-state index contributed by atoms with van der Waals surface area (Å²) in [6, 6.07) is -0.322. The topological polar surface area (TPSA) is 64.7 Å². The lowest BCUT2D eigenvalue weighted by atomic mass is 10.2. The first-order chi connectivity index (χ1) is 11.3. The van der Waals surface area contributed by atoms with Gasteiger partial charge in [-0.15, -0.1) is 13.2 Å². The predicted octanol–water partition coefficient (Wildman–Crippen LogP) is 1.01. The minimum atomic E-state index is -0.161. The zero-order valence-electron chi connectivity index (χ0n) is 15.7. The average molecular weight is 338 g/mol. The van der Waals surface area contributed by atoms with Gasteiger partial charge in [0.25, 0.3) is 0 Å². The van der Waals surface area contributed by atoms with Gasteiger partial charge in [-0.1, -0.05) is 12.2 Å². The first-order valence-electron chi connectivity index (χ1n) is 8.52. The lowest BCUT2D eigenvalue weighted by Crippen LogP contribution is -2.44. The maximum Gasteiger partial charge on any atom is 0.237 e. The van der Waals surface area contributed by atoms with Gasteiger partial charge >= 0.3 is 0 Å². The molecule has 0 aromatic heterocycles. The third kappa shape index (κ3) is 8.84. The van der Waals surface area contributed by atoms with E-state index >= 15 is 0 Å². The number of likely N-dealkylation sites (N-methyl/N-ethyl adjacent to an activating group) is 2. The van der Waals surface area contributed by atoms with Gasteiger partial charge in [-0.05, 0) is 53.9 Å². The normalized spacial score (nSPS) is 13.4. The molecule has 6 nitrogen and oxygen atoms in total. The van der Waals surface area contributed by atoms with E-state index in [2.05, 4.69) is 23.8 Å². The van der Waals surface area contributed by atoms with E-state index in [9.17, 15) is 9.59 Å². The molecule has 0 saturated heterocycles. The third-order valence-corrected chi connectivity index (χ3v) is 4.19. The van der Waals surface area contributed by atoms with E-state index in [4.69, 9.17) is 0 Å². The molecular formula is C18H34N4O2. The predicted molar refractivity (Wildman–Crippen MR) is 99.8 cm³/mol. The number of hydrogen-bond acceptors (Lipinski definition) is 4. The van der Waals surface area contributed by atoms with Crippen molar-refractivity contribution in [3.63, 3.8) is 0 Å². The molecule has 0 saturated carbocycles. The van der Waals surface area contributed by atoms with Gasteiger partial charge in [-0.25, -0.2) is 0 Å². The summed E-state index contributed by atoms with van der Waals surface area (Å²) in [5.41, 5.74) is 0. The Hall–Kier alpha value is -1.66.